The van der Waals surface area contributed by atoms with Crippen LogP contribution in [0.5, 0.6) is 0 Å². The molecule has 1 aliphatic carbocycles. The van der Waals surface area contributed by atoms with E-state index in [0.29, 0.717) is 18.6 Å². The van der Waals surface area contributed by atoms with Crippen molar-refractivity contribution in [1.82, 2.24) is 14.6 Å². The Morgan fingerprint density at radius 2 is 1.87 bits per heavy atom. The molecule has 1 atom stereocenters. The van der Waals surface area contributed by atoms with Gasteiger partial charge < -0.3 is 4.74 Å². The molecule has 30 heavy (non-hydrogen) atoms. The van der Waals surface area contributed by atoms with Gasteiger partial charge in [-0.3, -0.25) is 4.79 Å². The second kappa shape index (κ2) is 7.78. The maximum absolute atomic E-state index is 12.9. The standard InChI is InChI=1S/C24H20BrN3O2/c1-30-14-20-23(16-7-9-18(25)10-8-16)24-26-13-19-21(28(24)27-20)11-17(12-22(19)29)15-5-3-2-4-6-15/h2-10,13,17H,11-12,14H2,1H3. The predicted molar refractivity (Wildman–Crippen MR) is 119 cm³/mol. The van der Waals surface area contributed by atoms with Gasteiger partial charge in [0.15, 0.2) is 11.4 Å². The topological polar surface area (TPSA) is 56.5 Å². The van der Waals surface area contributed by atoms with Crippen LogP contribution in [0.2, 0.25) is 0 Å². The first-order valence-electron chi connectivity index (χ1n) is 9.88. The molecular weight excluding hydrogens is 442 g/mol. The SMILES string of the molecule is COCc1nn2c3c(cnc2c1-c1ccc(Br)cc1)C(=O)CC(c1ccccc1)C3. The number of carbonyl (C=O) groups is 1. The smallest absolute Gasteiger partial charge is 0.166 e. The van der Waals surface area contributed by atoms with E-state index in [4.69, 9.17) is 9.84 Å². The highest BCUT2D eigenvalue weighted by atomic mass is 79.9. The Labute approximate surface area is 182 Å². The highest BCUT2D eigenvalue weighted by Gasteiger charge is 2.30. The van der Waals surface area contributed by atoms with Crippen LogP contribution < -0.4 is 0 Å². The molecule has 4 aromatic rings. The van der Waals surface area contributed by atoms with Crippen molar-refractivity contribution in [3.05, 3.63) is 87.8 Å². The van der Waals surface area contributed by atoms with Crippen LogP contribution in [0.15, 0.2) is 65.3 Å². The summed E-state index contributed by atoms with van der Waals surface area (Å²) >= 11 is 3.49. The molecule has 2 aromatic heterocycles. The first-order chi connectivity index (χ1) is 14.7. The van der Waals surface area contributed by atoms with Crippen LogP contribution in [-0.2, 0) is 17.8 Å². The molecule has 6 heteroatoms. The summed E-state index contributed by atoms with van der Waals surface area (Å²) in [6.07, 6.45) is 2.96. The van der Waals surface area contributed by atoms with E-state index in [1.54, 1.807) is 13.3 Å². The van der Waals surface area contributed by atoms with E-state index in [9.17, 15) is 4.79 Å². The third-order valence-corrected chi connectivity index (χ3v) is 6.20. The lowest BCUT2D eigenvalue weighted by Gasteiger charge is -2.24. The van der Waals surface area contributed by atoms with E-state index in [0.717, 1.165) is 39.1 Å². The number of carbonyl (C=O) groups excluding carboxylic acids is 1. The summed E-state index contributed by atoms with van der Waals surface area (Å²) in [6.45, 7) is 0.375. The van der Waals surface area contributed by atoms with E-state index in [2.05, 4.69) is 33.0 Å². The molecule has 0 amide bonds. The number of halogens is 1. The predicted octanol–water partition coefficient (Wildman–Crippen LogP) is 5.22. The van der Waals surface area contributed by atoms with Crippen LogP contribution >= 0.6 is 15.9 Å². The second-order valence-corrected chi connectivity index (χ2v) is 8.47. The molecule has 5 nitrogen and oxygen atoms in total. The Morgan fingerprint density at radius 3 is 2.60 bits per heavy atom. The summed E-state index contributed by atoms with van der Waals surface area (Å²) < 4.78 is 8.29. The lowest BCUT2D eigenvalue weighted by Crippen LogP contribution is -2.22. The molecule has 0 N–H and O–H groups in total. The van der Waals surface area contributed by atoms with Gasteiger partial charge in [-0.1, -0.05) is 58.4 Å². The monoisotopic (exact) mass is 461 g/mol. The van der Waals surface area contributed by atoms with Crippen molar-refractivity contribution >= 4 is 27.4 Å². The zero-order valence-corrected chi connectivity index (χ0v) is 18.1. The van der Waals surface area contributed by atoms with E-state index < -0.39 is 0 Å². The first kappa shape index (κ1) is 19.2. The fourth-order valence-corrected chi connectivity index (χ4v) is 4.52. The van der Waals surface area contributed by atoms with Gasteiger partial charge in [0.05, 0.1) is 29.1 Å². The minimum atomic E-state index is 0.119. The zero-order valence-electron chi connectivity index (χ0n) is 16.5. The van der Waals surface area contributed by atoms with Gasteiger partial charge in [-0.2, -0.15) is 5.10 Å². The Bertz CT molecular complexity index is 1230. The number of hydrogen-bond acceptors (Lipinski definition) is 4. The third kappa shape index (κ3) is 3.26. The number of ketones is 1. The highest BCUT2D eigenvalue weighted by Crippen LogP contribution is 2.35. The summed E-state index contributed by atoms with van der Waals surface area (Å²) in [6, 6.07) is 18.3. The minimum absolute atomic E-state index is 0.119. The molecule has 1 unspecified atom stereocenters. The number of aromatic nitrogens is 3. The lowest BCUT2D eigenvalue weighted by atomic mass is 9.82. The maximum atomic E-state index is 12.9. The maximum Gasteiger partial charge on any atom is 0.166 e. The van der Waals surface area contributed by atoms with Crippen molar-refractivity contribution in [2.45, 2.75) is 25.4 Å². The van der Waals surface area contributed by atoms with Gasteiger partial charge in [0.25, 0.3) is 0 Å². The number of Topliss-reactive ketones (excluding diaryl/α,β-unsaturated/α-hetero) is 1. The number of hydrogen-bond donors (Lipinski definition) is 0. The van der Waals surface area contributed by atoms with Crippen LogP contribution in [0.25, 0.3) is 16.8 Å². The molecule has 0 radical (unpaired) electrons. The molecule has 0 saturated carbocycles. The molecule has 0 spiro atoms. The fourth-order valence-electron chi connectivity index (χ4n) is 4.25. The molecule has 1 aliphatic rings. The molecule has 0 aliphatic heterocycles. The Morgan fingerprint density at radius 1 is 1.10 bits per heavy atom. The zero-order chi connectivity index (χ0) is 20.7. The lowest BCUT2D eigenvalue weighted by molar-refractivity contribution is 0.0962. The summed E-state index contributed by atoms with van der Waals surface area (Å²) in [5.74, 6) is 0.261. The number of fused-ring (bicyclic) bond motifs is 3. The Kier molecular flexibility index (Phi) is 4.97. The normalized spacial score (nSPS) is 16.1. The van der Waals surface area contributed by atoms with Gasteiger partial charge in [-0.25, -0.2) is 9.50 Å². The average Bonchev–Trinajstić information content (AvgIpc) is 3.14. The van der Waals surface area contributed by atoms with Crippen molar-refractivity contribution in [1.29, 1.82) is 0 Å². The van der Waals surface area contributed by atoms with Crippen LogP contribution in [0.3, 0.4) is 0 Å². The summed E-state index contributed by atoms with van der Waals surface area (Å²) in [5, 5.41) is 4.84. The van der Waals surface area contributed by atoms with Gasteiger partial charge >= 0.3 is 0 Å². The van der Waals surface area contributed by atoms with Crippen LogP contribution in [-0.4, -0.2) is 27.5 Å². The van der Waals surface area contributed by atoms with Crippen molar-refractivity contribution < 1.29 is 9.53 Å². The Balaban J connectivity index is 1.69. The van der Waals surface area contributed by atoms with Crippen LogP contribution in [0, 0.1) is 0 Å². The molecule has 0 saturated heterocycles. The van der Waals surface area contributed by atoms with Crippen molar-refractivity contribution in [3.63, 3.8) is 0 Å². The summed E-state index contributed by atoms with van der Waals surface area (Å²) in [7, 11) is 1.66. The molecular formula is C24H20BrN3O2. The van der Waals surface area contributed by atoms with Crippen molar-refractivity contribution in [2.24, 2.45) is 0 Å². The molecule has 0 bridgehead atoms. The number of benzene rings is 2. The largest absolute Gasteiger partial charge is 0.378 e. The molecule has 150 valence electrons. The fraction of sp³-hybridized carbons (Fsp3) is 0.208. The first-order valence-corrected chi connectivity index (χ1v) is 10.7. The average molecular weight is 462 g/mol. The third-order valence-electron chi connectivity index (χ3n) is 5.67. The van der Waals surface area contributed by atoms with Gasteiger partial charge in [-0.15, -0.1) is 0 Å². The van der Waals surface area contributed by atoms with E-state index in [1.807, 2.05) is 47.0 Å². The molecule has 5 rings (SSSR count). The van der Waals surface area contributed by atoms with Crippen LogP contribution in [0.4, 0.5) is 0 Å². The Hall–Kier alpha value is -2.83. The van der Waals surface area contributed by atoms with E-state index in [1.165, 1.54) is 5.56 Å². The molecule has 0 fully saturated rings. The van der Waals surface area contributed by atoms with Crippen LogP contribution in [0.1, 0.15) is 39.6 Å². The van der Waals surface area contributed by atoms with Crippen molar-refractivity contribution in [2.75, 3.05) is 7.11 Å². The number of ether oxygens (including phenoxy) is 1. The summed E-state index contributed by atoms with van der Waals surface area (Å²) in [4.78, 5) is 17.6. The van der Waals surface area contributed by atoms with Gasteiger partial charge in [0.2, 0.25) is 0 Å². The molecule has 2 aromatic carbocycles. The van der Waals surface area contributed by atoms with Gasteiger partial charge in [-0.05, 0) is 35.6 Å². The number of nitrogens with zero attached hydrogens (tertiary/aromatic N) is 3. The highest BCUT2D eigenvalue weighted by molar-refractivity contribution is 9.10. The number of methoxy groups -OCH3 is 1. The summed E-state index contributed by atoms with van der Waals surface area (Å²) in [5.41, 5.74) is 6.31. The molecule has 2 heterocycles. The van der Waals surface area contributed by atoms with E-state index >= 15 is 0 Å². The second-order valence-electron chi connectivity index (χ2n) is 7.55. The van der Waals surface area contributed by atoms with Gasteiger partial charge in [0, 0.05) is 24.2 Å². The van der Waals surface area contributed by atoms with Crippen molar-refractivity contribution in [3.8, 4) is 11.1 Å². The quantitative estimate of drug-likeness (QED) is 0.418. The minimum Gasteiger partial charge on any atom is -0.378 e. The number of rotatable bonds is 4. The van der Waals surface area contributed by atoms with Gasteiger partial charge in [0.1, 0.15) is 0 Å². The van der Waals surface area contributed by atoms with E-state index in [-0.39, 0.29) is 11.7 Å².